The van der Waals surface area contributed by atoms with Crippen molar-refractivity contribution in [3.05, 3.63) is 68.8 Å². The van der Waals surface area contributed by atoms with Crippen molar-refractivity contribution in [3.63, 3.8) is 0 Å². The summed E-state index contributed by atoms with van der Waals surface area (Å²) in [6.45, 7) is 0. The molecule has 1 aromatic carbocycles. The maximum absolute atomic E-state index is 12.3. The van der Waals surface area contributed by atoms with Gasteiger partial charge in [0.15, 0.2) is 11.5 Å². The Labute approximate surface area is 107 Å². The lowest BCUT2D eigenvalue weighted by Crippen LogP contribution is -2.25. The zero-order valence-electron chi connectivity index (χ0n) is 9.80. The SMILES string of the molecule is NC(=O)c1cc2c(c(=O)o1)Cc1ccccc1C2=O. The van der Waals surface area contributed by atoms with Crippen molar-refractivity contribution < 1.29 is 14.0 Å². The Morgan fingerprint density at radius 1 is 1.16 bits per heavy atom. The largest absolute Gasteiger partial charge is 0.417 e. The minimum atomic E-state index is -0.869. The Morgan fingerprint density at radius 2 is 1.89 bits per heavy atom. The van der Waals surface area contributed by atoms with E-state index in [4.69, 9.17) is 10.2 Å². The summed E-state index contributed by atoms with van der Waals surface area (Å²) < 4.78 is 4.82. The molecule has 94 valence electrons. The molecule has 0 atom stereocenters. The van der Waals surface area contributed by atoms with Crippen LogP contribution in [0.15, 0.2) is 39.5 Å². The summed E-state index contributed by atoms with van der Waals surface area (Å²) in [4.78, 5) is 35.2. The Bertz CT molecular complexity index is 773. The van der Waals surface area contributed by atoms with Crippen molar-refractivity contribution in [3.8, 4) is 0 Å². The molecule has 1 aliphatic carbocycles. The minimum absolute atomic E-state index is 0.198. The van der Waals surface area contributed by atoms with E-state index in [-0.39, 0.29) is 22.7 Å². The highest BCUT2D eigenvalue weighted by molar-refractivity contribution is 6.12. The van der Waals surface area contributed by atoms with E-state index < -0.39 is 11.5 Å². The monoisotopic (exact) mass is 255 g/mol. The van der Waals surface area contributed by atoms with E-state index in [1.165, 1.54) is 6.07 Å². The molecule has 1 amide bonds. The van der Waals surface area contributed by atoms with Crippen molar-refractivity contribution in [2.75, 3.05) is 0 Å². The molecule has 5 nitrogen and oxygen atoms in total. The van der Waals surface area contributed by atoms with Crippen LogP contribution < -0.4 is 11.4 Å². The van der Waals surface area contributed by atoms with Crippen LogP contribution in [0.2, 0.25) is 0 Å². The first-order valence-corrected chi connectivity index (χ1v) is 5.67. The van der Waals surface area contributed by atoms with Crippen LogP contribution in [-0.4, -0.2) is 11.7 Å². The van der Waals surface area contributed by atoms with Crippen molar-refractivity contribution >= 4 is 11.7 Å². The second-order valence-electron chi connectivity index (χ2n) is 4.32. The van der Waals surface area contributed by atoms with Gasteiger partial charge in [0.1, 0.15) is 0 Å². The first-order chi connectivity index (χ1) is 9.08. The zero-order valence-corrected chi connectivity index (χ0v) is 9.80. The molecule has 3 rings (SSSR count). The summed E-state index contributed by atoms with van der Waals surface area (Å²) in [5.41, 5.74) is 6.17. The highest BCUT2D eigenvalue weighted by atomic mass is 16.4. The molecule has 5 heteroatoms. The number of carbonyl (C=O) groups is 2. The van der Waals surface area contributed by atoms with Gasteiger partial charge < -0.3 is 10.2 Å². The number of fused-ring (bicyclic) bond motifs is 2. The molecular formula is C14H9NO4. The molecule has 0 spiro atoms. The Hall–Kier alpha value is -2.69. The van der Waals surface area contributed by atoms with Crippen molar-refractivity contribution in [1.82, 2.24) is 0 Å². The van der Waals surface area contributed by atoms with Crippen LogP contribution in [-0.2, 0) is 6.42 Å². The lowest BCUT2D eigenvalue weighted by molar-refractivity contribution is 0.0969. The highest BCUT2D eigenvalue weighted by Crippen LogP contribution is 2.25. The normalized spacial score (nSPS) is 12.7. The molecule has 2 N–H and O–H groups in total. The standard InChI is InChI=1S/C14H9NO4/c15-13(17)11-6-9-10(14(18)19-11)5-7-3-1-2-4-8(7)12(9)16/h1-4,6H,5H2,(H2,15,17). The van der Waals surface area contributed by atoms with Gasteiger partial charge in [0.05, 0.1) is 5.56 Å². The quantitative estimate of drug-likeness (QED) is 0.698. The molecule has 0 aliphatic heterocycles. The molecule has 0 bridgehead atoms. The Morgan fingerprint density at radius 3 is 2.63 bits per heavy atom. The number of ketones is 1. The van der Waals surface area contributed by atoms with Crippen molar-refractivity contribution in [2.45, 2.75) is 6.42 Å². The Kier molecular flexibility index (Phi) is 2.35. The minimum Gasteiger partial charge on any atom is -0.417 e. The number of hydrogen-bond donors (Lipinski definition) is 1. The van der Waals surface area contributed by atoms with Gasteiger partial charge in [-0.2, -0.15) is 0 Å². The molecular weight excluding hydrogens is 246 g/mol. The molecule has 1 aliphatic rings. The molecule has 0 radical (unpaired) electrons. The number of nitrogens with two attached hydrogens (primary N) is 1. The van der Waals surface area contributed by atoms with Crippen LogP contribution in [0, 0.1) is 0 Å². The van der Waals surface area contributed by atoms with Gasteiger partial charge in [-0.1, -0.05) is 24.3 Å². The number of carbonyl (C=O) groups excluding carboxylic acids is 2. The fourth-order valence-electron chi connectivity index (χ4n) is 2.24. The summed E-state index contributed by atoms with van der Waals surface area (Å²) in [5, 5.41) is 0. The third-order valence-electron chi connectivity index (χ3n) is 3.17. The number of rotatable bonds is 1. The molecule has 19 heavy (non-hydrogen) atoms. The zero-order chi connectivity index (χ0) is 13.6. The van der Waals surface area contributed by atoms with Gasteiger partial charge >= 0.3 is 5.63 Å². The van der Waals surface area contributed by atoms with Crippen LogP contribution in [0.3, 0.4) is 0 Å². The maximum atomic E-state index is 12.3. The fourth-order valence-corrected chi connectivity index (χ4v) is 2.24. The fraction of sp³-hybridized carbons (Fsp3) is 0.0714. The molecule has 1 aromatic heterocycles. The molecule has 0 saturated heterocycles. The summed E-state index contributed by atoms with van der Waals surface area (Å²) in [7, 11) is 0. The predicted molar refractivity (Wildman–Crippen MR) is 66.2 cm³/mol. The van der Waals surface area contributed by atoms with E-state index in [9.17, 15) is 14.4 Å². The third kappa shape index (κ3) is 1.67. The van der Waals surface area contributed by atoms with Crippen LogP contribution in [0.1, 0.15) is 37.6 Å². The average molecular weight is 255 g/mol. The van der Waals surface area contributed by atoms with Gasteiger partial charge in [-0.15, -0.1) is 0 Å². The highest BCUT2D eigenvalue weighted by Gasteiger charge is 2.27. The summed E-state index contributed by atoms with van der Waals surface area (Å²) in [6.07, 6.45) is 0.318. The number of amides is 1. The van der Waals surface area contributed by atoms with Crippen LogP contribution in [0.4, 0.5) is 0 Å². The summed E-state index contributed by atoms with van der Waals surface area (Å²) >= 11 is 0. The van der Waals surface area contributed by atoms with E-state index in [1.54, 1.807) is 24.3 Å². The van der Waals surface area contributed by atoms with Gasteiger partial charge in [0.25, 0.3) is 5.91 Å². The second kappa shape index (κ2) is 3.91. The average Bonchev–Trinajstić information content (AvgIpc) is 2.40. The van der Waals surface area contributed by atoms with Gasteiger partial charge in [0, 0.05) is 17.5 Å². The Balaban J connectivity index is 2.27. The topological polar surface area (TPSA) is 90.4 Å². The molecule has 0 unspecified atom stereocenters. The lowest BCUT2D eigenvalue weighted by Gasteiger charge is -2.16. The number of benzene rings is 1. The number of hydrogen-bond acceptors (Lipinski definition) is 4. The maximum Gasteiger partial charge on any atom is 0.340 e. The van der Waals surface area contributed by atoms with Gasteiger partial charge in [0.2, 0.25) is 0 Å². The molecule has 2 aromatic rings. The van der Waals surface area contributed by atoms with E-state index in [2.05, 4.69) is 0 Å². The second-order valence-corrected chi connectivity index (χ2v) is 4.32. The summed E-state index contributed by atoms with van der Waals surface area (Å²) in [5.74, 6) is -1.45. The first-order valence-electron chi connectivity index (χ1n) is 5.67. The van der Waals surface area contributed by atoms with Gasteiger partial charge in [-0.25, -0.2) is 4.79 Å². The van der Waals surface area contributed by atoms with Crippen molar-refractivity contribution in [1.29, 1.82) is 0 Å². The van der Waals surface area contributed by atoms with Gasteiger partial charge in [-0.3, -0.25) is 9.59 Å². The predicted octanol–water partition coefficient (Wildman–Crippen LogP) is 0.874. The summed E-state index contributed by atoms with van der Waals surface area (Å²) in [6, 6.07) is 8.28. The van der Waals surface area contributed by atoms with Crippen molar-refractivity contribution in [2.24, 2.45) is 5.73 Å². The molecule has 1 heterocycles. The van der Waals surface area contributed by atoms with Crippen LogP contribution in [0.25, 0.3) is 0 Å². The van der Waals surface area contributed by atoms with E-state index >= 15 is 0 Å². The van der Waals surface area contributed by atoms with Gasteiger partial charge in [-0.05, 0) is 11.6 Å². The first kappa shape index (κ1) is 11.4. The lowest BCUT2D eigenvalue weighted by atomic mass is 9.86. The van der Waals surface area contributed by atoms with E-state index in [0.29, 0.717) is 12.0 Å². The van der Waals surface area contributed by atoms with Crippen LogP contribution >= 0.6 is 0 Å². The molecule has 0 fully saturated rings. The third-order valence-corrected chi connectivity index (χ3v) is 3.17. The van der Waals surface area contributed by atoms with E-state index in [0.717, 1.165) is 5.56 Å². The van der Waals surface area contributed by atoms with Crippen LogP contribution in [0.5, 0.6) is 0 Å². The number of primary amides is 1. The molecule has 0 saturated carbocycles. The van der Waals surface area contributed by atoms with E-state index in [1.807, 2.05) is 0 Å². The smallest absolute Gasteiger partial charge is 0.340 e.